The molecule has 0 radical (unpaired) electrons. The van der Waals surface area contributed by atoms with Gasteiger partial charge in [-0.1, -0.05) is 5.16 Å². The predicted octanol–water partition coefficient (Wildman–Crippen LogP) is -0.645. The zero-order valence-corrected chi connectivity index (χ0v) is 5.17. The summed E-state index contributed by atoms with van der Waals surface area (Å²) in [6.45, 7) is 1.98. The summed E-state index contributed by atoms with van der Waals surface area (Å²) in [5.74, 6) is 0. The highest BCUT2D eigenvalue weighted by Crippen LogP contribution is 1.84. The van der Waals surface area contributed by atoms with E-state index in [-0.39, 0.29) is 6.17 Å². The summed E-state index contributed by atoms with van der Waals surface area (Å²) in [4.78, 5) is 0. The topological polar surface area (TPSA) is 56.7 Å². The van der Waals surface area contributed by atoms with E-state index in [2.05, 4.69) is 15.8 Å². The van der Waals surface area contributed by atoms with Crippen LogP contribution >= 0.6 is 0 Å². The molecule has 1 rings (SSSR count). The van der Waals surface area contributed by atoms with Crippen molar-refractivity contribution in [1.29, 1.82) is 0 Å². The first-order chi connectivity index (χ1) is 4.43. The summed E-state index contributed by atoms with van der Waals surface area (Å²) in [7, 11) is 0. The van der Waals surface area contributed by atoms with Crippen LogP contribution in [0.3, 0.4) is 0 Å². The van der Waals surface area contributed by atoms with Gasteiger partial charge in [-0.05, 0) is 19.5 Å². The molecule has 4 nitrogen and oxygen atoms in total. The Morgan fingerprint density at radius 2 is 2.11 bits per heavy atom. The van der Waals surface area contributed by atoms with Crippen molar-refractivity contribution in [1.82, 2.24) is 10.6 Å². The van der Waals surface area contributed by atoms with Gasteiger partial charge in [-0.3, -0.25) is 10.6 Å². The maximum absolute atomic E-state index is 8.11. The van der Waals surface area contributed by atoms with Crippen LogP contribution in [0.2, 0.25) is 0 Å². The molecule has 1 aliphatic heterocycles. The molecule has 1 fully saturated rings. The van der Waals surface area contributed by atoms with E-state index in [0.717, 1.165) is 19.5 Å². The fraction of sp³-hybridized carbons (Fsp3) is 0.800. The fourth-order valence-corrected chi connectivity index (χ4v) is 0.848. The molecule has 1 heterocycles. The van der Waals surface area contributed by atoms with E-state index in [1.807, 2.05) is 0 Å². The van der Waals surface area contributed by atoms with Crippen LogP contribution in [0.25, 0.3) is 0 Å². The van der Waals surface area contributed by atoms with Crippen molar-refractivity contribution in [2.75, 3.05) is 13.1 Å². The second kappa shape index (κ2) is 3.42. The summed E-state index contributed by atoms with van der Waals surface area (Å²) < 4.78 is 0. The normalized spacial score (nSPS) is 23.1. The average Bonchev–Trinajstić information content (AvgIpc) is 1.91. The Hall–Kier alpha value is -0.610. The van der Waals surface area contributed by atoms with Crippen LogP contribution in [-0.2, 0) is 0 Å². The van der Waals surface area contributed by atoms with Crippen molar-refractivity contribution in [3.63, 3.8) is 0 Å². The zero-order valence-electron chi connectivity index (χ0n) is 5.17. The Morgan fingerprint density at radius 1 is 1.44 bits per heavy atom. The summed E-state index contributed by atoms with van der Waals surface area (Å²) in [6, 6.07) is 0. The van der Waals surface area contributed by atoms with E-state index >= 15 is 0 Å². The zero-order chi connectivity index (χ0) is 6.53. The highest BCUT2D eigenvalue weighted by molar-refractivity contribution is 5.62. The van der Waals surface area contributed by atoms with Crippen molar-refractivity contribution < 1.29 is 5.21 Å². The largest absolute Gasteiger partial charge is 0.411 e. The molecule has 0 bridgehead atoms. The molecule has 9 heavy (non-hydrogen) atoms. The van der Waals surface area contributed by atoms with Gasteiger partial charge in [0.15, 0.2) is 0 Å². The SMILES string of the molecule is O/N=C/C1NCCCN1. The molecule has 0 unspecified atom stereocenters. The van der Waals surface area contributed by atoms with Crippen LogP contribution in [0, 0.1) is 0 Å². The third-order valence-electron chi connectivity index (χ3n) is 1.30. The number of hydrogen-bond donors (Lipinski definition) is 3. The first-order valence-electron chi connectivity index (χ1n) is 3.08. The third kappa shape index (κ3) is 1.99. The fourth-order valence-electron chi connectivity index (χ4n) is 0.848. The van der Waals surface area contributed by atoms with Crippen molar-refractivity contribution >= 4 is 6.21 Å². The van der Waals surface area contributed by atoms with Gasteiger partial charge in [-0.2, -0.15) is 0 Å². The van der Waals surface area contributed by atoms with Gasteiger partial charge >= 0.3 is 0 Å². The van der Waals surface area contributed by atoms with Crippen LogP contribution in [0.4, 0.5) is 0 Å². The first-order valence-corrected chi connectivity index (χ1v) is 3.08. The molecule has 3 N–H and O–H groups in total. The molecule has 0 saturated carbocycles. The Balaban J connectivity index is 2.23. The van der Waals surface area contributed by atoms with Crippen LogP contribution in [0.1, 0.15) is 6.42 Å². The molecule has 0 amide bonds. The maximum atomic E-state index is 8.11. The molecule has 1 saturated heterocycles. The summed E-state index contributed by atoms with van der Waals surface area (Å²) >= 11 is 0. The first kappa shape index (κ1) is 6.51. The number of nitrogens with one attached hydrogen (secondary N) is 2. The van der Waals surface area contributed by atoms with Gasteiger partial charge < -0.3 is 5.21 Å². The van der Waals surface area contributed by atoms with Crippen molar-refractivity contribution in [3.05, 3.63) is 0 Å². The standard InChI is InChI=1S/C5H11N3O/c9-8-4-5-6-2-1-3-7-5/h4-7,9H,1-3H2/b8-4+. The van der Waals surface area contributed by atoms with Crippen LogP contribution < -0.4 is 10.6 Å². The Labute approximate surface area is 53.9 Å². The molecular formula is C5H11N3O. The average molecular weight is 129 g/mol. The molecule has 0 atom stereocenters. The third-order valence-corrected chi connectivity index (χ3v) is 1.30. The summed E-state index contributed by atoms with van der Waals surface area (Å²) in [5.41, 5.74) is 0. The molecule has 0 aromatic heterocycles. The molecule has 0 aromatic carbocycles. The van der Waals surface area contributed by atoms with Crippen molar-refractivity contribution in [3.8, 4) is 0 Å². The summed E-state index contributed by atoms with van der Waals surface area (Å²) in [5, 5.41) is 17.2. The lowest BCUT2D eigenvalue weighted by atomic mass is 10.3. The monoisotopic (exact) mass is 129 g/mol. The smallest absolute Gasteiger partial charge is 0.0973 e. The predicted molar refractivity (Wildman–Crippen MR) is 34.7 cm³/mol. The van der Waals surface area contributed by atoms with Crippen molar-refractivity contribution in [2.45, 2.75) is 12.6 Å². The van der Waals surface area contributed by atoms with Crippen molar-refractivity contribution in [2.24, 2.45) is 5.16 Å². The van der Waals surface area contributed by atoms with Crippen LogP contribution in [0.15, 0.2) is 5.16 Å². The second-order valence-corrected chi connectivity index (χ2v) is 2.00. The number of hydrogen-bond acceptors (Lipinski definition) is 4. The molecule has 0 spiro atoms. The minimum Gasteiger partial charge on any atom is -0.411 e. The van der Waals surface area contributed by atoms with E-state index in [9.17, 15) is 0 Å². The number of oxime groups is 1. The van der Waals surface area contributed by atoms with Gasteiger partial charge in [0.25, 0.3) is 0 Å². The maximum Gasteiger partial charge on any atom is 0.0973 e. The molecule has 0 aromatic rings. The van der Waals surface area contributed by atoms with Gasteiger partial charge in [-0.15, -0.1) is 0 Å². The van der Waals surface area contributed by atoms with E-state index < -0.39 is 0 Å². The van der Waals surface area contributed by atoms with Crippen LogP contribution in [0.5, 0.6) is 0 Å². The molecule has 1 aliphatic rings. The molecule has 4 heteroatoms. The lowest BCUT2D eigenvalue weighted by Gasteiger charge is -2.20. The number of nitrogens with zero attached hydrogens (tertiary/aromatic N) is 1. The minimum absolute atomic E-state index is 0.0590. The second-order valence-electron chi connectivity index (χ2n) is 2.00. The Morgan fingerprint density at radius 3 is 2.67 bits per heavy atom. The highest BCUT2D eigenvalue weighted by Gasteiger charge is 2.07. The van der Waals surface area contributed by atoms with E-state index in [1.54, 1.807) is 0 Å². The van der Waals surface area contributed by atoms with Gasteiger partial charge in [0, 0.05) is 0 Å². The van der Waals surface area contributed by atoms with E-state index in [1.165, 1.54) is 6.21 Å². The van der Waals surface area contributed by atoms with Gasteiger partial charge in [0.05, 0.1) is 12.4 Å². The minimum atomic E-state index is 0.0590. The Bertz CT molecular complexity index is 98.4. The van der Waals surface area contributed by atoms with Gasteiger partial charge in [-0.25, -0.2) is 0 Å². The molecular weight excluding hydrogens is 118 g/mol. The number of rotatable bonds is 1. The molecule has 52 valence electrons. The lowest BCUT2D eigenvalue weighted by Crippen LogP contribution is -2.49. The summed E-state index contributed by atoms with van der Waals surface area (Å²) in [6.07, 6.45) is 2.64. The Kier molecular flexibility index (Phi) is 2.48. The van der Waals surface area contributed by atoms with E-state index in [0.29, 0.717) is 0 Å². The highest BCUT2D eigenvalue weighted by atomic mass is 16.4. The molecule has 0 aliphatic carbocycles. The quantitative estimate of drug-likeness (QED) is 0.250. The van der Waals surface area contributed by atoms with Gasteiger partial charge in [0.1, 0.15) is 0 Å². The lowest BCUT2D eigenvalue weighted by molar-refractivity contribution is 0.315. The van der Waals surface area contributed by atoms with Gasteiger partial charge in [0.2, 0.25) is 0 Å². The van der Waals surface area contributed by atoms with E-state index in [4.69, 9.17) is 5.21 Å². The van der Waals surface area contributed by atoms with Crippen LogP contribution in [-0.4, -0.2) is 30.7 Å².